The molecule has 0 heterocycles. The van der Waals surface area contributed by atoms with Gasteiger partial charge in [0.15, 0.2) is 0 Å². The van der Waals surface area contributed by atoms with Gasteiger partial charge in [0, 0.05) is 6.42 Å². The smallest absolute Gasteiger partial charge is 0.217 e. The Morgan fingerprint density at radius 1 is 1.04 bits per heavy atom. The standard InChI is InChI=1S/C23H30O3/c1-8-20(24)26-22-16(4)9-14(2)11-18(22)13-17-10-15(3)12-19(21(17)25)23(5,6)7/h8-12,20,24-25H,1,13H2,2-7H3. The summed E-state index contributed by atoms with van der Waals surface area (Å²) in [6, 6.07) is 8.11. The number of phenols is 1. The van der Waals surface area contributed by atoms with Crippen LogP contribution in [0, 0.1) is 20.8 Å². The molecule has 2 rings (SSSR count). The van der Waals surface area contributed by atoms with E-state index in [0.717, 1.165) is 33.4 Å². The zero-order valence-electron chi connectivity index (χ0n) is 16.7. The van der Waals surface area contributed by atoms with Gasteiger partial charge in [0.25, 0.3) is 0 Å². The highest BCUT2D eigenvalue weighted by Crippen LogP contribution is 2.37. The predicted octanol–water partition coefficient (Wildman–Crippen LogP) is 5.09. The summed E-state index contributed by atoms with van der Waals surface area (Å²) in [5.41, 5.74) is 5.75. The molecule has 0 saturated carbocycles. The second kappa shape index (κ2) is 7.55. The molecule has 0 aliphatic heterocycles. The monoisotopic (exact) mass is 354 g/mol. The molecule has 0 radical (unpaired) electrons. The van der Waals surface area contributed by atoms with Gasteiger partial charge in [-0.05, 0) is 54.5 Å². The molecular weight excluding hydrogens is 324 g/mol. The molecule has 0 bridgehead atoms. The summed E-state index contributed by atoms with van der Waals surface area (Å²) in [4.78, 5) is 0. The average Bonchev–Trinajstić information content (AvgIpc) is 2.52. The van der Waals surface area contributed by atoms with E-state index in [1.165, 1.54) is 6.08 Å². The fourth-order valence-corrected chi connectivity index (χ4v) is 3.28. The molecule has 1 atom stereocenters. The number of aryl methyl sites for hydroxylation is 3. The largest absolute Gasteiger partial charge is 0.507 e. The minimum atomic E-state index is -1.06. The first kappa shape index (κ1) is 20.1. The second-order valence-electron chi connectivity index (χ2n) is 8.06. The number of ether oxygens (including phenoxy) is 1. The lowest BCUT2D eigenvalue weighted by molar-refractivity contribution is 0.0238. The minimum Gasteiger partial charge on any atom is -0.507 e. The Morgan fingerprint density at radius 2 is 1.62 bits per heavy atom. The van der Waals surface area contributed by atoms with Crippen LogP contribution in [0.5, 0.6) is 11.5 Å². The number of hydrogen-bond donors (Lipinski definition) is 2. The van der Waals surface area contributed by atoms with E-state index in [-0.39, 0.29) is 5.41 Å². The van der Waals surface area contributed by atoms with Crippen molar-refractivity contribution in [2.75, 3.05) is 0 Å². The normalized spacial score (nSPS) is 12.7. The Morgan fingerprint density at radius 3 is 2.19 bits per heavy atom. The Hall–Kier alpha value is -2.26. The highest BCUT2D eigenvalue weighted by atomic mass is 16.6. The van der Waals surface area contributed by atoms with Crippen molar-refractivity contribution in [2.45, 2.75) is 59.7 Å². The number of aliphatic hydroxyl groups excluding tert-OH is 1. The summed E-state index contributed by atoms with van der Waals surface area (Å²) < 4.78 is 5.68. The third-order valence-electron chi connectivity index (χ3n) is 4.46. The van der Waals surface area contributed by atoms with E-state index in [4.69, 9.17) is 4.74 Å². The number of aromatic hydroxyl groups is 1. The highest BCUT2D eigenvalue weighted by Gasteiger charge is 2.22. The van der Waals surface area contributed by atoms with Gasteiger partial charge in [-0.25, -0.2) is 0 Å². The fraction of sp³-hybridized carbons (Fsp3) is 0.391. The zero-order valence-corrected chi connectivity index (χ0v) is 16.7. The van der Waals surface area contributed by atoms with Gasteiger partial charge in [0.05, 0.1) is 0 Å². The third-order valence-corrected chi connectivity index (χ3v) is 4.46. The molecule has 0 amide bonds. The first-order valence-corrected chi connectivity index (χ1v) is 8.93. The Labute approximate surface area is 157 Å². The molecule has 3 heteroatoms. The van der Waals surface area contributed by atoms with Crippen molar-refractivity contribution in [3.8, 4) is 11.5 Å². The van der Waals surface area contributed by atoms with Crippen LogP contribution < -0.4 is 4.74 Å². The first-order chi connectivity index (χ1) is 12.0. The van der Waals surface area contributed by atoms with Crippen molar-refractivity contribution in [3.63, 3.8) is 0 Å². The van der Waals surface area contributed by atoms with Crippen LogP contribution in [-0.4, -0.2) is 16.5 Å². The van der Waals surface area contributed by atoms with Crippen LogP contribution in [0.15, 0.2) is 36.9 Å². The molecule has 0 aliphatic carbocycles. The maximum atomic E-state index is 10.9. The molecule has 0 spiro atoms. The number of rotatable bonds is 5. The molecular formula is C23H30O3. The SMILES string of the molecule is C=CC(O)Oc1c(C)cc(C)cc1Cc1cc(C)cc(C(C)(C)C)c1O. The number of aliphatic hydroxyl groups is 1. The molecule has 0 fully saturated rings. The lowest BCUT2D eigenvalue weighted by Gasteiger charge is -2.24. The number of benzene rings is 2. The van der Waals surface area contributed by atoms with Gasteiger partial charge in [0.2, 0.25) is 6.29 Å². The summed E-state index contributed by atoms with van der Waals surface area (Å²) in [6.45, 7) is 15.9. The van der Waals surface area contributed by atoms with Gasteiger partial charge in [-0.3, -0.25) is 0 Å². The quantitative estimate of drug-likeness (QED) is 0.581. The van der Waals surface area contributed by atoms with Crippen molar-refractivity contribution in [3.05, 3.63) is 70.3 Å². The van der Waals surface area contributed by atoms with Crippen molar-refractivity contribution in [1.82, 2.24) is 0 Å². The van der Waals surface area contributed by atoms with Gasteiger partial charge in [-0.1, -0.05) is 62.7 Å². The molecule has 2 aromatic rings. The predicted molar refractivity (Wildman–Crippen MR) is 107 cm³/mol. The van der Waals surface area contributed by atoms with E-state index in [2.05, 4.69) is 27.4 Å². The molecule has 0 aromatic heterocycles. The minimum absolute atomic E-state index is 0.147. The summed E-state index contributed by atoms with van der Waals surface area (Å²) in [6.07, 6.45) is 0.815. The van der Waals surface area contributed by atoms with E-state index in [0.29, 0.717) is 17.9 Å². The lowest BCUT2D eigenvalue weighted by atomic mass is 9.83. The number of hydrogen-bond acceptors (Lipinski definition) is 3. The summed E-state index contributed by atoms with van der Waals surface area (Å²) in [5, 5.41) is 20.7. The summed E-state index contributed by atoms with van der Waals surface area (Å²) in [5.74, 6) is 0.971. The molecule has 0 saturated heterocycles. The van der Waals surface area contributed by atoms with E-state index in [1.54, 1.807) is 0 Å². The topological polar surface area (TPSA) is 49.7 Å². The Balaban J connectivity index is 2.55. The van der Waals surface area contributed by atoms with Crippen molar-refractivity contribution < 1.29 is 14.9 Å². The summed E-state index contributed by atoms with van der Waals surface area (Å²) >= 11 is 0. The molecule has 2 aromatic carbocycles. The highest BCUT2D eigenvalue weighted by molar-refractivity contribution is 5.52. The Kier molecular flexibility index (Phi) is 5.82. The van der Waals surface area contributed by atoms with Crippen molar-refractivity contribution in [2.24, 2.45) is 0 Å². The second-order valence-corrected chi connectivity index (χ2v) is 8.06. The van der Waals surface area contributed by atoms with Crippen molar-refractivity contribution >= 4 is 0 Å². The van der Waals surface area contributed by atoms with Crippen LogP contribution in [0.25, 0.3) is 0 Å². The molecule has 140 valence electrons. The third kappa shape index (κ3) is 4.47. The van der Waals surface area contributed by atoms with E-state index in [1.807, 2.05) is 45.0 Å². The van der Waals surface area contributed by atoms with E-state index in [9.17, 15) is 10.2 Å². The molecule has 3 nitrogen and oxygen atoms in total. The van der Waals surface area contributed by atoms with Gasteiger partial charge in [-0.2, -0.15) is 0 Å². The van der Waals surface area contributed by atoms with Crippen molar-refractivity contribution in [1.29, 1.82) is 0 Å². The van der Waals surface area contributed by atoms with E-state index >= 15 is 0 Å². The molecule has 26 heavy (non-hydrogen) atoms. The number of phenolic OH excluding ortho intramolecular Hbond substituents is 1. The van der Waals surface area contributed by atoms with Gasteiger partial charge in [-0.15, -0.1) is 0 Å². The van der Waals surface area contributed by atoms with Crippen LogP contribution in [0.2, 0.25) is 0 Å². The van der Waals surface area contributed by atoms with Gasteiger partial charge in [0.1, 0.15) is 11.5 Å². The van der Waals surface area contributed by atoms with Crippen LogP contribution >= 0.6 is 0 Å². The molecule has 2 N–H and O–H groups in total. The van der Waals surface area contributed by atoms with Gasteiger partial charge >= 0.3 is 0 Å². The van der Waals surface area contributed by atoms with Crippen LogP contribution in [0.3, 0.4) is 0 Å². The average molecular weight is 354 g/mol. The van der Waals surface area contributed by atoms with Gasteiger partial charge < -0.3 is 14.9 Å². The fourth-order valence-electron chi connectivity index (χ4n) is 3.28. The maximum absolute atomic E-state index is 10.9. The zero-order chi connectivity index (χ0) is 19.6. The molecule has 1 unspecified atom stereocenters. The summed E-state index contributed by atoms with van der Waals surface area (Å²) in [7, 11) is 0. The van der Waals surface area contributed by atoms with E-state index < -0.39 is 6.29 Å². The lowest BCUT2D eigenvalue weighted by Crippen LogP contribution is -2.14. The van der Waals surface area contributed by atoms with Crippen LogP contribution in [-0.2, 0) is 11.8 Å². The first-order valence-electron chi connectivity index (χ1n) is 8.93. The Bertz CT molecular complexity index is 813. The maximum Gasteiger partial charge on any atom is 0.217 e. The molecule has 0 aliphatic rings. The van der Waals surface area contributed by atoms with Crippen LogP contribution in [0.4, 0.5) is 0 Å². The van der Waals surface area contributed by atoms with Crippen LogP contribution in [0.1, 0.15) is 54.2 Å².